The first-order valence-electron chi connectivity index (χ1n) is 5.41. The minimum atomic E-state index is -0.422. The van der Waals surface area contributed by atoms with Gasteiger partial charge in [-0.05, 0) is 18.1 Å². The SMILES string of the molecule is COc1cc(-c2ccc(C=O)c(C)c2)c(F)cn1. The molecular weight excluding hydrogens is 233 g/mol. The molecule has 92 valence electrons. The zero-order valence-electron chi connectivity index (χ0n) is 10.1. The molecule has 2 aromatic rings. The molecule has 0 spiro atoms. The molecule has 0 saturated heterocycles. The van der Waals surface area contributed by atoms with E-state index >= 15 is 0 Å². The Morgan fingerprint density at radius 1 is 1.33 bits per heavy atom. The quantitative estimate of drug-likeness (QED) is 0.780. The fraction of sp³-hybridized carbons (Fsp3) is 0.143. The van der Waals surface area contributed by atoms with Crippen LogP contribution in [-0.2, 0) is 0 Å². The van der Waals surface area contributed by atoms with Gasteiger partial charge in [-0.2, -0.15) is 0 Å². The first-order valence-corrected chi connectivity index (χ1v) is 5.41. The highest BCUT2D eigenvalue weighted by Gasteiger charge is 2.09. The van der Waals surface area contributed by atoms with Gasteiger partial charge in [-0.3, -0.25) is 4.79 Å². The molecule has 0 fully saturated rings. The average molecular weight is 245 g/mol. The Balaban J connectivity index is 2.54. The monoisotopic (exact) mass is 245 g/mol. The summed E-state index contributed by atoms with van der Waals surface area (Å²) in [6.07, 6.45) is 1.90. The van der Waals surface area contributed by atoms with Crippen molar-refractivity contribution >= 4 is 6.29 Å². The highest BCUT2D eigenvalue weighted by atomic mass is 19.1. The number of ether oxygens (including phenoxy) is 1. The molecule has 0 aliphatic heterocycles. The molecule has 1 heterocycles. The van der Waals surface area contributed by atoms with Crippen molar-refractivity contribution in [2.24, 2.45) is 0 Å². The van der Waals surface area contributed by atoms with Gasteiger partial charge in [0, 0.05) is 17.2 Å². The first kappa shape index (κ1) is 12.2. The van der Waals surface area contributed by atoms with Crippen molar-refractivity contribution in [3.8, 4) is 17.0 Å². The molecule has 18 heavy (non-hydrogen) atoms. The van der Waals surface area contributed by atoms with Gasteiger partial charge in [0.05, 0.1) is 13.3 Å². The van der Waals surface area contributed by atoms with E-state index in [4.69, 9.17) is 4.74 Å². The van der Waals surface area contributed by atoms with Crippen LogP contribution < -0.4 is 4.74 Å². The molecular formula is C14H12FNO2. The molecule has 0 aliphatic rings. The Morgan fingerprint density at radius 2 is 2.11 bits per heavy atom. The number of benzene rings is 1. The molecule has 0 saturated carbocycles. The lowest BCUT2D eigenvalue weighted by Crippen LogP contribution is -1.93. The fourth-order valence-corrected chi connectivity index (χ4v) is 1.73. The first-order chi connectivity index (χ1) is 8.65. The van der Waals surface area contributed by atoms with Crippen LogP contribution in [0.5, 0.6) is 5.88 Å². The van der Waals surface area contributed by atoms with Crippen LogP contribution in [0.15, 0.2) is 30.5 Å². The van der Waals surface area contributed by atoms with E-state index in [1.165, 1.54) is 13.2 Å². The van der Waals surface area contributed by atoms with Gasteiger partial charge < -0.3 is 4.74 Å². The molecule has 0 amide bonds. The topological polar surface area (TPSA) is 39.2 Å². The van der Waals surface area contributed by atoms with E-state index in [1.807, 2.05) is 6.92 Å². The molecule has 1 aromatic carbocycles. The number of aldehydes is 1. The van der Waals surface area contributed by atoms with Gasteiger partial charge in [0.25, 0.3) is 0 Å². The molecule has 0 atom stereocenters. The van der Waals surface area contributed by atoms with E-state index < -0.39 is 5.82 Å². The Morgan fingerprint density at radius 3 is 2.72 bits per heavy atom. The van der Waals surface area contributed by atoms with E-state index in [0.29, 0.717) is 22.6 Å². The van der Waals surface area contributed by atoms with Crippen molar-refractivity contribution in [1.82, 2.24) is 4.98 Å². The van der Waals surface area contributed by atoms with Gasteiger partial charge in [0.15, 0.2) is 0 Å². The molecule has 0 unspecified atom stereocenters. The van der Waals surface area contributed by atoms with Crippen molar-refractivity contribution in [3.63, 3.8) is 0 Å². The number of rotatable bonds is 3. The standard InChI is InChI=1S/C14H12FNO2/c1-9-5-10(3-4-11(9)8-17)12-6-14(18-2)16-7-13(12)15/h3-8H,1-2H3. The van der Waals surface area contributed by atoms with E-state index in [9.17, 15) is 9.18 Å². The second-order valence-electron chi connectivity index (χ2n) is 3.90. The number of pyridine rings is 1. The lowest BCUT2D eigenvalue weighted by Gasteiger charge is -2.07. The summed E-state index contributed by atoms with van der Waals surface area (Å²) in [7, 11) is 1.48. The second-order valence-corrected chi connectivity index (χ2v) is 3.90. The van der Waals surface area contributed by atoms with Gasteiger partial charge >= 0.3 is 0 Å². The van der Waals surface area contributed by atoms with Crippen LogP contribution >= 0.6 is 0 Å². The Labute approximate surface area is 104 Å². The number of hydrogen-bond donors (Lipinski definition) is 0. The number of carbonyl (C=O) groups excluding carboxylic acids is 1. The number of aromatic nitrogens is 1. The summed E-state index contributed by atoms with van der Waals surface area (Å²) in [5.74, 6) is -0.0717. The van der Waals surface area contributed by atoms with E-state index in [2.05, 4.69) is 4.98 Å². The molecule has 1 aromatic heterocycles. The Kier molecular flexibility index (Phi) is 3.37. The van der Waals surface area contributed by atoms with E-state index in [-0.39, 0.29) is 0 Å². The molecule has 4 heteroatoms. The smallest absolute Gasteiger partial charge is 0.213 e. The summed E-state index contributed by atoms with van der Waals surface area (Å²) in [6, 6.07) is 6.67. The molecule has 0 aliphatic carbocycles. The van der Waals surface area contributed by atoms with Crippen LogP contribution in [0, 0.1) is 12.7 Å². The van der Waals surface area contributed by atoms with Crippen LogP contribution in [0.3, 0.4) is 0 Å². The maximum absolute atomic E-state index is 13.7. The fourth-order valence-electron chi connectivity index (χ4n) is 1.73. The van der Waals surface area contributed by atoms with E-state index in [0.717, 1.165) is 18.0 Å². The van der Waals surface area contributed by atoms with Crippen molar-refractivity contribution in [1.29, 1.82) is 0 Å². The third-order valence-corrected chi connectivity index (χ3v) is 2.75. The van der Waals surface area contributed by atoms with Gasteiger partial charge in [0.2, 0.25) is 5.88 Å². The van der Waals surface area contributed by atoms with Gasteiger partial charge in [0.1, 0.15) is 12.1 Å². The van der Waals surface area contributed by atoms with Crippen LogP contribution in [0.25, 0.3) is 11.1 Å². The van der Waals surface area contributed by atoms with Crippen LogP contribution in [-0.4, -0.2) is 18.4 Å². The number of aryl methyl sites for hydroxylation is 1. The highest BCUT2D eigenvalue weighted by molar-refractivity contribution is 5.79. The van der Waals surface area contributed by atoms with Gasteiger partial charge in [-0.15, -0.1) is 0 Å². The number of methoxy groups -OCH3 is 1. The highest BCUT2D eigenvalue weighted by Crippen LogP contribution is 2.26. The number of halogens is 1. The molecule has 0 N–H and O–H groups in total. The number of hydrogen-bond acceptors (Lipinski definition) is 3. The predicted octanol–water partition coefficient (Wildman–Crippen LogP) is 3.02. The van der Waals surface area contributed by atoms with Crippen LogP contribution in [0.4, 0.5) is 4.39 Å². The van der Waals surface area contributed by atoms with Gasteiger partial charge in [-0.25, -0.2) is 9.37 Å². The number of nitrogens with zero attached hydrogens (tertiary/aromatic N) is 1. The average Bonchev–Trinajstić information content (AvgIpc) is 2.39. The predicted molar refractivity (Wildman–Crippen MR) is 66.3 cm³/mol. The zero-order chi connectivity index (χ0) is 13.1. The van der Waals surface area contributed by atoms with Crippen LogP contribution in [0.2, 0.25) is 0 Å². The minimum absolute atomic E-state index is 0.350. The maximum atomic E-state index is 13.7. The van der Waals surface area contributed by atoms with Crippen LogP contribution in [0.1, 0.15) is 15.9 Å². The van der Waals surface area contributed by atoms with Crippen molar-refractivity contribution < 1.29 is 13.9 Å². The third kappa shape index (κ3) is 2.22. The molecule has 0 bridgehead atoms. The van der Waals surface area contributed by atoms with Gasteiger partial charge in [-0.1, -0.05) is 18.2 Å². The largest absolute Gasteiger partial charge is 0.481 e. The lowest BCUT2D eigenvalue weighted by atomic mass is 10.0. The molecule has 3 nitrogen and oxygen atoms in total. The molecule has 0 radical (unpaired) electrons. The third-order valence-electron chi connectivity index (χ3n) is 2.75. The Hall–Kier alpha value is -2.23. The summed E-state index contributed by atoms with van der Waals surface area (Å²) in [5.41, 5.74) is 2.50. The maximum Gasteiger partial charge on any atom is 0.213 e. The normalized spacial score (nSPS) is 10.2. The minimum Gasteiger partial charge on any atom is -0.481 e. The molecule has 2 rings (SSSR count). The summed E-state index contributed by atoms with van der Waals surface area (Å²) in [4.78, 5) is 14.5. The lowest BCUT2D eigenvalue weighted by molar-refractivity contribution is 0.112. The summed E-state index contributed by atoms with van der Waals surface area (Å²) in [5, 5.41) is 0. The van der Waals surface area contributed by atoms with Crippen molar-refractivity contribution in [2.75, 3.05) is 7.11 Å². The number of carbonyl (C=O) groups is 1. The summed E-state index contributed by atoms with van der Waals surface area (Å²) in [6.45, 7) is 1.81. The van der Waals surface area contributed by atoms with E-state index in [1.54, 1.807) is 18.2 Å². The van der Waals surface area contributed by atoms with Crippen molar-refractivity contribution in [3.05, 3.63) is 47.4 Å². The second kappa shape index (κ2) is 4.96. The van der Waals surface area contributed by atoms with Crippen molar-refractivity contribution in [2.45, 2.75) is 6.92 Å². The zero-order valence-corrected chi connectivity index (χ0v) is 10.1. The summed E-state index contributed by atoms with van der Waals surface area (Å²) >= 11 is 0. The Bertz CT molecular complexity index is 596. The summed E-state index contributed by atoms with van der Waals surface area (Å²) < 4.78 is 18.7.